The lowest BCUT2D eigenvalue weighted by Gasteiger charge is -2.40. The fourth-order valence-corrected chi connectivity index (χ4v) is 4.27. The van der Waals surface area contributed by atoms with Crippen LogP contribution in [-0.2, 0) is 14.8 Å². The molecular weight excluding hydrogens is 300 g/mol. The van der Waals surface area contributed by atoms with Crippen molar-refractivity contribution in [1.82, 2.24) is 5.32 Å². The standard InChI is InChI=1S/C12H18N2O4S2/c1-8-10(20(13,16)17)6-9(19-8)11(15)14-7-12(18-2)4-3-5-12/h6H,3-5,7H2,1-2H3,(H,14,15)(H2,13,16,17). The van der Waals surface area contributed by atoms with E-state index in [-0.39, 0.29) is 16.4 Å². The van der Waals surface area contributed by atoms with Crippen molar-refractivity contribution in [2.45, 2.75) is 36.7 Å². The Morgan fingerprint density at radius 1 is 1.55 bits per heavy atom. The predicted molar refractivity (Wildman–Crippen MR) is 76.4 cm³/mol. The van der Waals surface area contributed by atoms with E-state index in [1.165, 1.54) is 6.07 Å². The highest BCUT2D eigenvalue weighted by atomic mass is 32.2. The molecule has 1 amide bonds. The van der Waals surface area contributed by atoms with Crippen LogP contribution in [-0.4, -0.2) is 33.6 Å². The maximum atomic E-state index is 12.0. The number of nitrogens with two attached hydrogens (primary N) is 1. The zero-order valence-electron chi connectivity index (χ0n) is 11.4. The van der Waals surface area contributed by atoms with Gasteiger partial charge in [-0.1, -0.05) is 0 Å². The molecule has 1 heterocycles. The molecular formula is C12H18N2O4S2. The van der Waals surface area contributed by atoms with Gasteiger partial charge in [0.05, 0.1) is 15.4 Å². The van der Waals surface area contributed by atoms with E-state index in [0.29, 0.717) is 16.3 Å². The van der Waals surface area contributed by atoms with E-state index >= 15 is 0 Å². The topological polar surface area (TPSA) is 98.5 Å². The summed E-state index contributed by atoms with van der Waals surface area (Å²) in [4.78, 5) is 12.9. The lowest BCUT2D eigenvalue weighted by Crippen LogP contribution is -2.49. The molecule has 0 unspecified atom stereocenters. The van der Waals surface area contributed by atoms with Crippen LogP contribution in [0.2, 0.25) is 0 Å². The average molecular weight is 318 g/mol. The molecule has 8 heteroatoms. The number of nitrogens with one attached hydrogen (secondary N) is 1. The summed E-state index contributed by atoms with van der Waals surface area (Å²) < 4.78 is 28.1. The fraction of sp³-hybridized carbons (Fsp3) is 0.583. The van der Waals surface area contributed by atoms with Crippen molar-refractivity contribution in [3.05, 3.63) is 15.8 Å². The molecule has 20 heavy (non-hydrogen) atoms. The van der Waals surface area contributed by atoms with Gasteiger partial charge in [0.25, 0.3) is 5.91 Å². The van der Waals surface area contributed by atoms with Gasteiger partial charge in [-0.15, -0.1) is 11.3 Å². The molecule has 0 saturated heterocycles. The minimum atomic E-state index is -3.78. The largest absolute Gasteiger partial charge is 0.376 e. The number of hydrogen-bond donors (Lipinski definition) is 2. The van der Waals surface area contributed by atoms with Crippen LogP contribution in [0.15, 0.2) is 11.0 Å². The number of carbonyl (C=O) groups excluding carboxylic acids is 1. The van der Waals surface area contributed by atoms with Gasteiger partial charge in [-0.2, -0.15) is 0 Å². The zero-order chi connectivity index (χ0) is 15.0. The second kappa shape index (κ2) is 5.44. The van der Waals surface area contributed by atoms with Crippen LogP contribution in [0.4, 0.5) is 0 Å². The molecule has 6 nitrogen and oxygen atoms in total. The van der Waals surface area contributed by atoms with Gasteiger partial charge < -0.3 is 10.1 Å². The Morgan fingerprint density at radius 3 is 2.60 bits per heavy atom. The quantitative estimate of drug-likeness (QED) is 0.846. The Hall–Kier alpha value is -0.960. The molecule has 1 aliphatic carbocycles. The molecule has 1 aliphatic rings. The fourth-order valence-electron chi connectivity index (χ4n) is 2.21. The summed E-state index contributed by atoms with van der Waals surface area (Å²) in [6, 6.07) is 1.32. The third-order valence-corrected chi connectivity index (χ3v) is 5.89. The summed E-state index contributed by atoms with van der Waals surface area (Å²) in [5.41, 5.74) is -0.259. The van der Waals surface area contributed by atoms with Crippen molar-refractivity contribution in [3.8, 4) is 0 Å². The normalized spacial score (nSPS) is 17.6. The second-order valence-electron chi connectivity index (χ2n) is 5.00. The highest BCUT2D eigenvalue weighted by molar-refractivity contribution is 7.89. The lowest BCUT2D eigenvalue weighted by molar-refractivity contribution is -0.0679. The monoisotopic (exact) mass is 318 g/mol. The first kappa shape index (κ1) is 15.4. The molecule has 0 bridgehead atoms. The van der Waals surface area contributed by atoms with Gasteiger partial charge in [-0.3, -0.25) is 4.79 Å². The number of thiophene rings is 1. The first-order valence-corrected chi connectivity index (χ1v) is 8.60. The highest BCUT2D eigenvalue weighted by Gasteiger charge is 2.37. The minimum absolute atomic E-state index is 0.0118. The van der Waals surface area contributed by atoms with Gasteiger partial charge in [-0.25, -0.2) is 13.6 Å². The molecule has 0 spiro atoms. The Morgan fingerprint density at radius 2 is 2.20 bits per heavy atom. The molecule has 1 aromatic rings. The first-order chi connectivity index (χ1) is 9.27. The van der Waals surface area contributed by atoms with Crippen LogP contribution >= 0.6 is 11.3 Å². The number of aryl methyl sites for hydroxylation is 1. The summed E-state index contributed by atoms with van der Waals surface area (Å²) in [6.07, 6.45) is 2.95. The Balaban J connectivity index is 2.07. The third-order valence-electron chi connectivity index (χ3n) is 3.67. The molecule has 0 atom stereocenters. The van der Waals surface area contributed by atoms with E-state index in [0.717, 1.165) is 30.6 Å². The molecule has 112 valence electrons. The predicted octanol–water partition coefficient (Wildman–Crippen LogP) is 1.00. The lowest BCUT2D eigenvalue weighted by atomic mass is 9.80. The number of amides is 1. The third kappa shape index (κ3) is 3.03. The van der Waals surface area contributed by atoms with Crippen LogP contribution in [0.25, 0.3) is 0 Å². The number of rotatable bonds is 5. The summed E-state index contributed by atoms with van der Waals surface area (Å²) in [5.74, 6) is -0.295. The van der Waals surface area contributed by atoms with Gasteiger partial charge in [0.2, 0.25) is 10.0 Å². The maximum absolute atomic E-state index is 12.0. The molecule has 1 aromatic heterocycles. The van der Waals surface area contributed by atoms with Gasteiger partial charge >= 0.3 is 0 Å². The molecule has 0 aromatic carbocycles. The van der Waals surface area contributed by atoms with Crippen molar-refractivity contribution >= 4 is 27.3 Å². The second-order valence-corrected chi connectivity index (χ2v) is 7.79. The van der Waals surface area contributed by atoms with Gasteiger partial charge in [0.15, 0.2) is 0 Å². The van der Waals surface area contributed by atoms with Crippen molar-refractivity contribution in [2.24, 2.45) is 5.14 Å². The Bertz CT molecular complexity index is 612. The van der Waals surface area contributed by atoms with E-state index in [1.54, 1.807) is 14.0 Å². The summed E-state index contributed by atoms with van der Waals surface area (Å²) in [6.45, 7) is 2.06. The number of ether oxygens (including phenoxy) is 1. The van der Waals surface area contributed by atoms with E-state index in [1.807, 2.05) is 0 Å². The molecule has 0 radical (unpaired) electrons. The summed E-state index contributed by atoms with van der Waals surface area (Å²) in [7, 11) is -2.14. The molecule has 2 rings (SSSR count). The Labute approximate surface area is 122 Å². The number of hydrogen-bond acceptors (Lipinski definition) is 5. The van der Waals surface area contributed by atoms with E-state index in [9.17, 15) is 13.2 Å². The number of primary sulfonamides is 1. The SMILES string of the molecule is COC1(CNC(=O)c2cc(S(N)(=O)=O)c(C)s2)CCC1. The van der Waals surface area contributed by atoms with Gasteiger partial charge in [0, 0.05) is 18.5 Å². The van der Waals surface area contributed by atoms with E-state index in [4.69, 9.17) is 9.88 Å². The summed E-state index contributed by atoms with van der Waals surface area (Å²) >= 11 is 1.12. The van der Waals surface area contributed by atoms with E-state index in [2.05, 4.69) is 5.32 Å². The maximum Gasteiger partial charge on any atom is 0.261 e. The smallest absolute Gasteiger partial charge is 0.261 e. The first-order valence-electron chi connectivity index (χ1n) is 6.24. The average Bonchev–Trinajstić information content (AvgIpc) is 2.70. The van der Waals surface area contributed by atoms with Crippen LogP contribution < -0.4 is 10.5 Å². The number of methoxy groups -OCH3 is 1. The van der Waals surface area contributed by atoms with Crippen LogP contribution in [0.1, 0.15) is 33.8 Å². The van der Waals surface area contributed by atoms with Crippen molar-refractivity contribution < 1.29 is 17.9 Å². The van der Waals surface area contributed by atoms with Crippen molar-refractivity contribution in [2.75, 3.05) is 13.7 Å². The highest BCUT2D eigenvalue weighted by Crippen LogP contribution is 2.34. The molecule has 1 fully saturated rings. The minimum Gasteiger partial charge on any atom is -0.376 e. The molecule has 0 aliphatic heterocycles. The number of carbonyl (C=O) groups is 1. The molecule has 1 saturated carbocycles. The van der Waals surface area contributed by atoms with Gasteiger partial charge in [0.1, 0.15) is 0 Å². The van der Waals surface area contributed by atoms with Crippen LogP contribution in [0.5, 0.6) is 0 Å². The van der Waals surface area contributed by atoms with Crippen LogP contribution in [0, 0.1) is 6.92 Å². The van der Waals surface area contributed by atoms with E-state index < -0.39 is 10.0 Å². The van der Waals surface area contributed by atoms with Crippen molar-refractivity contribution in [1.29, 1.82) is 0 Å². The Kier molecular flexibility index (Phi) is 4.19. The summed E-state index contributed by atoms with van der Waals surface area (Å²) in [5, 5.41) is 7.89. The molecule has 3 N–H and O–H groups in total. The number of sulfonamides is 1. The zero-order valence-corrected chi connectivity index (χ0v) is 13.1. The van der Waals surface area contributed by atoms with Crippen molar-refractivity contribution in [3.63, 3.8) is 0 Å². The van der Waals surface area contributed by atoms with Gasteiger partial charge in [-0.05, 0) is 32.3 Å². The van der Waals surface area contributed by atoms with Crippen LogP contribution in [0.3, 0.4) is 0 Å².